The second-order valence-electron chi connectivity index (χ2n) is 6.10. The predicted molar refractivity (Wildman–Crippen MR) is 82.6 cm³/mol. The maximum absolute atomic E-state index is 13.8. The van der Waals surface area contributed by atoms with E-state index in [9.17, 15) is 19.1 Å². The molecule has 3 N–H and O–H groups in total. The molecule has 0 bridgehead atoms. The Labute approximate surface area is 138 Å². The topological polar surface area (TPSA) is 99.1 Å². The van der Waals surface area contributed by atoms with E-state index in [-0.39, 0.29) is 37.1 Å². The molecule has 2 heterocycles. The highest BCUT2D eigenvalue weighted by Crippen LogP contribution is 2.34. The third-order valence-corrected chi connectivity index (χ3v) is 4.53. The first-order chi connectivity index (χ1) is 11.5. The van der Waals surface area contributed by atoms with Crippen LogP contribution >= 0.6 is 0 Å². The molecule has 130 valence electrons. The molecule has 7 nitrogen and oxygen atoms in total. The zero-order valence-electron chi connectivity index (χ0n) is 13.0. The summed E-state index contributed by atoms with van der Waals surface area (Å²) in [6.07, 6.45) is -0.684. The lowest BCUT2D eigenvalue weighted by Gasteiger charge is -2.34. The van der Waals surface area contributed by atoms with Crippen molar-refractivity contribution < 1.29 is 28.9 Å². The van der Waals surface area contributed by atoms with Gasteiger partial charge in [-0.25, -0.2) is 9.18 Å². The van der Waals surface area contributed by atoms with Crippen LogP contribution in [0.5, 0.6) is 5.75 Å². The van der Waals surface area contributed by atoms with E-state index in [0.717, 1.165) is 0 Å². The summed E-state index contributed by atoms with van der Waals surface area (Å²) in [5, 5.41) is 21.5. The van der Waals surface area contributed by atoms with Crippen molar-refractivity contribution in [3.63, 3.8) is 0 Å². The maximum atomic E-state index is 13.8. The third kappa shape index (κ3) is 3.28. The number of piperidine rings is 1. The fraction of sp³-hybridized carbons (Fsp3) is 0.500. The monoisotopic (exact) mass is 338 g/mol. The number of nitrogens with zero attached hydrogens (tertiary/aromatic N) is 1. The maximum Gasteiger partial charge on any atom is 0.407 e. The highest BCUT2D eigenvalue weighted by Gasteiger charge is 2.31. The van der Waals surface area contributed by atoms with Gasteiger partial charge in [0.15, 0.2) is 0 Å². The Morgan fingerprint density at radius 3 is 2.92 bits per heavy atom. The molecule has 3 rings (SSSR count). The van der Waals surface area contributed by atoms with Gasteiger partial charge in [0.05, 0.1) is 24.9 Å². The minimum atomic E-state index is -1.04. The van der Waals surface area contributed by atoms with E-state index in [1.54, 1.807) is 0 Å². The van der Waals surface area contributed by atoms with Gasteiger partial charge in [0, 0.05) is 24.4 Å². The number of nitrogens with one attached hydrogen (secondary N) is 1. The molecule has 0 aliphatic carbocycles. The van der Waals surface area contributed by atoms with E-state index >= 15 is 0 Å². The number of anilines is 1. The molecule has 0 saturated carbocycles. The number of hydrogen-bond acceptors (Lipinski definition) is 4. The summed E-state index contributed by atoms with van der Waals surface area (Å²) in [6, 6.07) is 2.76. The smallest absolute Gasteiger partial charge is 0.407 e. The zero-order valence-corrected chi connectivity index (χ0v) is 13.0. The number of fused-ring (bicyclic) bond motifs is 1. The quantitative estimate of drug-likeness (QED) is 0.775. The third-order valence-electron chi connectivity index (χ3n) is 4.53. The second kappa shape index (κ2) is 6.64. The van der Waals surface area contributed by atoms with E-state index < -0.39 is 18.0 Å². The number of amides is 2. The molecule has 1 saturated heterocycles. The Morgan fingerprint density at radius 2 is 2.21 bits per heavy atom. The van der Waals surface area contributed by atoms with Crippen molar-refractivity contribution in [2.75, 3.05) is 25.0 Å². The zero-order chi connectivity index (χ0) is 17.3. The molecule has 24 heavy (non-hydrogen) atoms. The van der Waals surface area contributed by atoms with Gasteiger partial charge < -0.3 is 25.2 Å². The molecule has 0 aromatic heterocycles. The molecule has 1 fully saturated rings. The molecule has 0 radical (unpaired) electrons. The summed E-state index contributed by atoms with van der Waals surface area (Å²) in [5.41, 5.74) is 0.775. The summed E-state index contributed by atoms with van der Waals surface area (Å²) in [7, 11) is 0. The van der Waals surface area contributed by atoms with Gasteiger partial charge in [-0.3, -0.25) is 4.79 Å². The summed E-state index contributed by atoms with van der Waals surface area (Å²) in [5.74, 6) is -0.436. The number of carbonyl (C=O) groups is 2. The van der Waals surface area contributed by atoms with Crippen LogP contribution in [0.4, 0.5) is 14.9 Å². The molecule has 2 atom stereocenters. The lowest BCUT2D eigenvalue weighted by Crippen LogP contribution is -2.47. The van der Waals surface area contributed by atoms with Crippen LogP contribution in [0.15, 0.2) is 12.1 Å². The van der Waals surface area contributed by atoms with Crippen molar-refractivity contribution in [2.45, 2.75) is 25.4 Å². The van der Waals surface area contributed by atoms with Crippen LogP contribution in [0.25, 0.3) is 0 Å². The normalized spacial score (nSPS) is 23.4. The molecule has 2 aliphatic heterocycles. The van der Waals surface area contributed by atoms with E-state index in [1.807, 2.05) is 0 Å². The number of aliphatic hydroxyl groups is 1. The summed E-state index contributed by atoms with van der Waals surface area (Å²) in [4.78, 5) is 23.5. The van der Waals surface area contributed by atoms with Gasteiger partial charge in [-0.05, 0) is 25.0 Å². The molecular formula is C16H19FN2O5. The Morgan fingerprint density at radius 1 is 1.42 bits per heavy atom. The Bertz CT molecular complexity index is 666. The molecule has 8 heteroatoms. The van der Waals surface area contributed by atoms with Gasteiger partial charge in [0.1, 0.15) is 11.6 Å². The average molecular weight is 338 g/mol. The van der Waals surface area contributed by atoms with Crippen molar-refractivity contribution in [2.24, 2.45) is 5.92 Å². The fourth-order valence-electron chi connectivity index (χ4n) is 3.10. The number of likely N-dealkylation sites (tertiary alicyclic amines) is 1. The average Bonchev–Trinajstić information content (AvgIpc) is 2.55. The van der Waals surface area contributed by atoms with Crippen LogP contribution in [0, 0.1) is 11.7 Å². The number of β-amino-alcohol motifs (C(OH)–C–C–N with tert-alkyl or cyclic N) is 1. The summed E-state index contributed by atoms with van der Waals surface area (Å²) < 4.78 is 19.6. The minimum Gasteiger partial charge on any atom is -0.493 e. The van der Waals surface area contributed by atoms with Crippen LogP contribution in [-0.4, -0.2) is 52.9 Å². The SMILES string of the molecule is O=C1CCc2c(OCC3CCN(C(=O)O)CC3O)ccc(F)c2N1. The van der Waals surface area contributed by atoms with Gasteiger partial charge >= 0.3 is 6.09 Å². The number of ether oxygens (including phenoxy) is 1. The van der Waals surface area contributed by atoms with Crippen LogP contribution in [0.1, 0.15) is 18.4 Å². The second-order valence-corrected chi connectivity index (χ2v) is 6.10. The number of carboxylic acid groups (broad SMARTS) is 1. The van der Waals surface area contributed by atoms with Gasteiger partial charge in [-0.1, -0.05) is 0 Å². The summed E-state index contributed by atoms with van der Waals surface area (Å²) >= 11 is 0. The lowest BCUT2D eigenvalue weighted by molar-refractivity contribution is -0.116. The molecule has 2 amide bonds. The molecule has 0 spiro atoms. The van der Waals surface area contributed by atoms with Crippen molar-refractivity contribution in [3.8, 4) is 5.75 Å². The largest absolute Gasteiger partial charge is 0.493 e. The Hall–Kier alpha value is -2.35. The van der Waals surface area contributed by atoms with Crippen LogP contribution in [0.3, 0.4) is 0 Å². The van der Waals surface area contributed by atoms with Crippen LogP contribution in [0.2, 0.25) is 0 Å². The van der Waals surface area contributed by atoms with Gasteiger partial charge in [0.25, 0.3) is 0 Å². The predicted octanol–water partition coefficient (Wildman–Crippen LogP) is 1.45. The lowest BCUT2D eigenvalue weighted by atomic mass is 9.95. The van der Waals surface area contributed by atoms with E-state index in [2.05, 4.69) is 5.32 Å². The fourth-order valence-corrected chi connectivity index (χ4v) is 3.10. The van der Waals surface area contributed by atoms with E-state index in [4.69, 9.17) is 9.84 Å². The van der Waals surface area contributed by atoms with Crippen molar-refractivity contribution >= 4 is 17.7 Å². The molecule has 1 aromatic rings. The van der Waals surface area contributed by atoms with Crippen molar-refractivity contribution in [1.82, 2.24) is 4.90 Å². The standard InChI is InChI=1S/C16H19FN2O5/c17-11-2-3-13(10-1-4-14(21)18-15(10)11)24-8-9-5-6-19(16(22)23)7-12(9)20/h2-3,9,12,20H,1,4-8H2,(H,18,21)(H,22,23). The van der Waals surface area contributed by atoms with Gasteiger partial charge in [-0.2, -0.15) is 0 Å². The van der Waals surface area contributed by atoms with E-state index in [0.29, 0.717) is 30.7 Å². The highest BCUT2D eigenvalue weighted by molar-refractivity contribution is 5.94. The number of carbonyl (C=O) groups excluding carboxylic acids is 1. The molecular weight excluding hydrogens is 319 g/mol. The number of halogens is 1. The van der Waals surface area contributed by atoms with Crippen LogP contribution in [-0.2, 0) is 11.2 Å². The number of benzene rings is 1. The van der Waals surface area contributed by atoms with Gasteiger partial charge in [0.2, 0.25) is 5.91 Å². The number of rotatable bonds is 3. The number of aliphatic hydroxyl groups excluding tert-OH is 1. The first-order valence-corrected chi connectivity index (χ1v) is 7.85. The number of hydrogen-bond donors (Lipinski definition) is 3. The van der Waals surface area contributed by atoms with Crippen molar-refractivity contribution in [1.29, 1.82) is 0 Å². The molecule has 2 unspecified atom stereocenters. The van der Waals surface area contributed by atoms with Gasteiger partial charge in [-0.15, -0.1) is 0 Å². The van der Waals surface area contributed by atoms with E-state index in [1.165, 1.54) is 17.0 Å². The molecule has 2 aliphatic rings. The Balaban J connectivity index is 1.66. The highest BCUT2D eigenvalue weighted by atomic mass is 19.1. The molecule has 1 aromatic carbocycles. The van der Waals surface area contributed by atoms with Crippen molar-refractivity contribution in [3.05, 3.63) is 23.5 Å². The van der Waals surface area contributed by atoms with Crippen LogP contribution < -0.4 is 10.1 Å². The Kier molecular flexibility index (Phi) is 4.57. The first-order valence-electron chi connectivity index (χ1n) is 7.85. The minimum absolute atomic E-state index is 0.0565. The summed E-state index contributed by atoms with van der Waals surface area (Å²) in [6.45, 7) is 0.611. The first kappa shape index (κ1) is 16.5.